The fraction of sp³-hybridized carbons (Fsp3) is 0.750. The van der Waals surface area contributed by atoms with E-state index in [0.717, 1.165) is 24.3 Å². The number of carbonyl (C=O) groups is 1. The van der Waals surface area contributed by atoms with Crippen LogP contribution in [0.4, 0.5) is 9.93 Å². The van der Waals surface area contributed by atoms with E-state index in [2.05, 4.69) is 27.8 Å². The summed E-state index contributed by atoms with van der Waals surface area (Å²) in [5.41, 5.74) is -0.601. The molecule has 0 aliphatic rings. The molecular formula is C12H22N4O2S. The van der Waals surface area contributed by atoms with E-state index in [1.807, 2.05) is 13.8 Å². The zero-order chi connectivity index (χ0) is 14.3. The lowest BCUT2D eigenvalue weighted by Crippen LogP contribution is -2.50. The second-order valence-electron chi connectivity index (χ2n) is 4.80. The Hall–Kier alpha value is -1.21. The van der Waals surface area contributed by atoms with Crippen LogP contribution in [0.2, 0.25) is 0 Å². The minimum absolute atomic E-state index is 0.0918. The van der Waals surface area contributed by atoms with Crippen LogP contribution in [0.25, 0.3) is 0 Å². The summed E-state index contributed by atoms with van der Waals surface area (Å²) in [6, 6.07) is -0.357. The van der Waals surface area contributed by atoms with Crippen LogP contribution < -0.4 is 10.6 Å². The first kappa shape index (κ1) is 15.8. The summed E-state index contributed by atoms with van der Waals surface area (Å²) in [4.78, 5) is 11.8. The van der Waals surface area contributed by atoms with E-state index in [9.17, 15) is 9.90 Å². The van der Waals surface area contributed by atoms with Crippen LogP contribution in [0.1, 0.15) is 45.0 Å². The van der Waals surface area contributed by atoms with E-state index < -0.39 is 5.54 Å². The van der Waals surface area contributed by atoms with Gasteiger partial charge >= 0.3 is 6.03 Å². The molecule has 0 spiro atoms. The Morgan fingerprint density at radius 2 is 2.11 bits per heavy atom. The zero-order valence-corrected chi connectivity index (χ0v) is 12.5. The molecule has 19 heavy (non-hydrogen) atoms. The lowest BCUT2D eigenvalue weighted by molar-refractivity contribution is 0.167. The normalized spacial score (nSPS) is 13.9. The van der Waals surface area contributed by atoms with Gasteiger partial charge in [0.05, 0.1) is 12.1 Å². The number of aliphatic hydroxyl groups is 1. The second-order valence-corrected chi connectivity index (χ2v) is 5.86. The third-order valence-corrected chi connectivity index (χ3v) is 3.62. The molecule has 1 heterocycles. The van der Waals surface area contributed by atoms with Gasteiger partial charge in [-0.15, -0.1) is 10.2 Å². The number of aliphatic hydroxyl groups excluding tert-OH is 1. The van der Waals surface area contributed by atoms with Crippen LogP contribution in [-0.2, 0) is 6.42 Å². The maximum atomic E-state index is 11.8. The van der Waals surface area contributed by atoms with Crippen LogP contribution in [-0.4, -0.2) is 33.5 Å². The molecule has 0 aliphatic heterocycles. The number of aromatic nitrogens is 2. The van der Waals surface area contributed by atoms with Crippen LogP contribution >= 0.6 is 11.3 Å². The third kappa shape index (κ3) is 5.12. The van der Waals surface area contributed by atoms with Crippen molar-refractivity contribution in [3.63, 3.8) is 0 Å². The molecule has 0 fully saturated rings. The molecule has 1 rings (SSSR count). The van der Waals surface area contributed by atoms with Crippen LogP contribution in [0.5, 0.6) is 0 Å². The van der Waals surface area contributed by atoms with E-state index in [1.54, 1.807) is 0 Å². The van der Waals surface area contributed by atoms with E-state index >= 15 is 0 Å². The lowest BCUT2D eigenvalue weighted by Gasteiger charge is -2.27. The molecule has 6 nitrogen and oxygen atoms in total. The zero-order valence-electron chi connectivity index (χ0n) is 11.7. The third-order valence-electron chi connectivity index (χ3n) is 2.72. The predicted octanol–water partition coefficient (Wildman–Crippen LogP) is 2.16. The van der Waals surface area contributed by atoms with Crippen molar-refractivity contribution in [3.05, 3.63) is 5.01 Å². The highest BCUT2D eigenvalue weighted by Crippen LogP contribution is 2.17. The number of aryl methyl sites for hydroxylation is 1. The van der Waals surface area contributed by atoms with Crippen molar-refractivity contribution >= 4 is 22.5 Å². The Bertz CT molecular complexity index is 410. The van der Waals surface area contributed by atoms with Gasteiger partial charge < -0.3 is 10.4 Å². The van der Waals surface area contributed by atoms with E-state index in [-0.39, 0.29) is 12.6 Å². The van der Waals surface area contributed by atoms with Gasteiger partial charge in [0.1, 0.15) is 5.01 Å². The summed E-state index contributed by atoms with van der Waals surface area (Å²) in [5.74, 6) is 0. The largest absolute Gasteiger partial charge is 0.394 e. The molecule has 1 unspecified atom stereocenters. The smallest absolute Gasteiger partial charge is 0.321 e. The maximum absolute atomic E-state index is 11.8. The van der Waals surface area contributed by atoms with Crippen LogP contribution in [0, 0.1) is 0 Å². The Balaban J connectivity index is 2.53. The highest BCUT2D eigenvalue weighted by atomic mass is 32.1. The van der Waals surface area contributed by atoms with E-state index in [0.29, 0.717) is 11.6 Å². The molecule has 1 atom stereocenters. The topological polar surface area (TPSA) is 87.1 Å². The van der Waals surface area contributed by atoms with E-state index in [1.165, 1.54) is 11.3 Å². The van der Waals surface area contributed by atoms with Crippen LogP contribution in [0.3, 0.4) is 0 Å². The molecule has 7 heteroatoms. The Morgan fingerprint density at radius 3 is 2.68 bits per heavy atom. The fourth-order valence-corrected chi connectivity index (χ4v) is 2.59. The van der Waals surface area contributed by atoms with Crippen molar-refractivity contribution in [2.24, 2.45) is 0 Å². The number of hydrogen-bond donors (Lipinski definition) is 3. The highest BCUT2D eigenvalue weighted by molar-refractivity contribution is 7.15. The number of hydrogen-bond acceptors (Lipinski definition) is 5. The Labute approximate surface area is 117 Å². The van der Waals surface area contributed by atoms with Gasteiger partial charge in [-0.25, -0.2) is 4.79 Å². The van der Waals surface area contributed by atoms with Crippen molar-refractivity contribution in [1.82, 2.24) is 15.5 Å². The number of anilines is 1. The molecule has 3 N–H and O–H groups in total. The van der Waals surface area contributed by atoms with Crippen molar-refractivity contribution < 1.29 is 9.90 Å². The van der Waals surface area contributed by atoms with Crippen molar-refractivity contribution in [1.29, 1.82) is 0 Å². The van der Waals surface area contributed by atoms with Gasteiger partial charge in [-0.3, -0.25) is 5.32 Å². The minimum Gasteiger partial charge on any atom is -0.394 e. The van der Waals surface area contributed by atoms with Gasteiger partial charge in [-0.1, -0.05) is 31.6 Å². The Kier molecular flexibility index (Phi) is 6.17. The van der Waals surface area contributed by atoms with E-state index in [4.69, 9.17) is 0 Å². The molecule has 0 saturated carbocycles. The number of amides is 2. The number of nitrogens with zero attached hydrogens (tertiary/aromatic N) is 2. The number of urea groups is 1. The van der Waals surface area contributed by atoms with Gasteiger partial charge in [0, 0.05) is 6.42 Å². The first-order valence-corrected chi connectivity index (χ1v) is 7.37. The van der Waals surface area contributed by atoms with Gasteiger partial charge in [-0.05, 0) is 19.8 Å². The summed E-state index contributed by atoms with van der Waals surface area (Å²) in [5, 5.41) is 24.1. The molecule has 0 radical (unpaired) electrons. The molecule has 0 saturated heterocycles. The Morgan fingerprint density at radius 1 is 1.37 bits per heavy atom. The molecule has 0 bridgehead atoms. The van der Waals surface area contributed by atoms with Gasteiger partial charge in [0.25, 0.3) is 0 Å². The quantitative estimate of drug-likeness (QED) is 0.717. The standard InChI is InChI=1S/C12H22N4O2S/c1-4-6-9-15-16-11(19-9)13-10(18)14-12(3,8-17)7-5-2/h17H,4-8H2,1-3H3,(H2,13,14,16,18). The molecular weight excluding hydrogens is 264 g/mol. The SMILES string of the molecule is CCCc1nnc(NC(=O)NC(C)(CO)CCC)s1. The van der Waals surface area contributed by atoms with Gasteiger partial charge in [0.2, 0.25) is 5.13 Å². The summed E-state index contributed by atoms with van der Waals surface area (Å²) in [6.45, 7) is 5.80. The second kappa shape index (κ2) is 7.40. The molecule has 2 amide bonds. The predicted molar refractivity (Wildman–Crippen MR) is 76.5 cm³/mol. The van der Waals surface area contributed by atoms with Crippen molar-refractivity contribution in [3.8, 4) is 0 Å². The van der Waals surface area contributed by atoms with Gasteiger partial charge in [-0.2, -0.15) is 0 Å². The van der Waals surface area contributed by atoms with Crippen LogP contribution in [0.15, 0.2) is 0 Å². The van der Waals surface area contributed by atoms with Gasteiger partial charge in [0.15, 0.2) is 0 Å². The van der Waals surface area contributed by atoms with Crippen molar-refractivity contribution in [2.45, 2.75) is 52.0 Å². The molecule has 0 aliphatic carbocycles. The first-order chi connectivity index (χ1) is 9.03. The summed E-state index contributed by atoms with van der Waals surface area (Å²) < 4.78 is 0. The summed E-state index contributed by atoms with van der Waals surface area (Å²) >= 11 is 1.38. The molecule has 0 aromatic carbocycles. The molecule has 1 aromatic heterocycles. The monoisotopic (exact) mass is 286 g/mol. The maximum Gasteiger partial charge on any atom is 0.321 e. The van der Waals surface area contributed by atoms with Crippen molar-refractivity contribution in [2.75, 3.05) is 11.9 Å². The number of rotatable bonds is 7. The fourth-order valence-electron chi connectivity index (χ4n) is 1.75. The summed E-state index contributed by atoms with van der Waals surface area (Å²) in [7, 11) is 0. The number of nitrogens with one attached hydrogen (secondary N) is 2. The average molecular weight is 286 g/mol. The molecule has 1 aromatic rings. The minimum atomic E-state index is -0.601. The lowest BCUT2D eigenvalue weighted by atomic mass is 9.98. The molecule has 108 valence electrons. The first-order valence-electron chi connectivity index (χ1n) is 6.55. The summed E-state index contributed by atoms with van der Waals surface area (Å²) in [6.07, 6.45) is 3.47. The highest BCUT2D eigenvalue weighted by Gasteiger charge is 2.24. The average Bonchev–Trinajstić information content (AvgIpc) is 2.77. The number of carbonyl (C=O) groups excluding carboxylic acids is 1.